The number of hydrogen-bond donors (Lipinski definition) is 1. The molecule has 196 valence electrons. The number of anilines is 1. The second-order valence-corrected chi connectivity index (χ2v) is 11.6. The Labute approximate surface area is 228 Å². The van der Waals surface area contributed by atoms with Gasteiger partial charge in [-0.3, -0.25) is 4.79 Å². The number of nitrogens with one attached hydrogen (secondary N) is 1. The van der Waals surface area contributed by atoms with Crippen molar-refractivity contribution in [3.05, 3.63) is 114 Å². The summed E-state index contributed by atoms with van der Waals surface area (Å²) >= 11 is 1.53. The average Bonchev–Trinajstić information content (AvgIpc) is 2.92. The minimum Gasteiger partial charge on any atom is -0.494 e. The van der Waals surface area contributed by atoms with Gasteiger partial charge >= 0.3 is 0 Å². The van der Waals surface area contributed by atoms with Gasteiger partial charge in [-0.15, -0.1) is 0 Å². The maximum absolute atomic E-state index is 13.8. The first-order valence-electron chi connectivity index (χ1n) is 12.3. The second kappa shape index (κ2) is 12.8. The maximum Gasteiger partial charge on any atom is 0.243 e. The van der Waals surface area contributed by atoms with Crippen LogP contribution in [-0.4, -0.2) is 31.8 Å². The Balaban J connectivity index is 1.59. The highest BCUT2D eigenvalue weighted by molar-refractivity contribution is 7.99. The first-order valence-corrected chi connectivity index (χ1v) is 14.5. The van der Waals surface area contributed by atoms with E-state index in [4.69, 9.17) is 4.74 Å². The summed E-state index contributed by atoms with van der Waals surface area (Å²) in [7, 11) is -3.99. The number of para-hydroxylation sites is 1. The predicted octanol–water partition coefficient (Wildman–Crippen LogP) is 6.37. The SMILES string of the molecule is CCOc1ccc(S(=O)(=O)N(CC(=O)Nc2ccccc2Sc2ccccc2)Cc2ccccc2)cc1C. The fraction of sp³-hybridized carbons (Fsp3) is 0.167. The third-order valence-electron chi connectivity index (χ3n) is 5.74. The molecular formula is C30H30N2O4S2. The normalized spacial score (nSPS) is 11.3. The Bertz CT molecular complexity index is 1480. The number of benzene rings is 4. The summed E-state index contributed by atoms with van der Waals surface area (Å²) < 4.78 is 34.3. The summed E-state index contributed by atoms with van der Waals surface area (Å²) in [5.74, 6) is 0.208. The van der Waals surface area contributed by atoms with Gasteiger partial charge in [0, 0.05) is 16.3 Å². The number of hydrogen-bond acceptors (Lipinski definition) is 5. The quantitative estimate of drug-likeness (QED) is 0.236. The monoisotopic (exact) mass is 546 g/mol. The Kier molecular flexibility index (Phi) is 9.23. The van der Waals surface area contributed by atoms with Gasteiger partial charge in [-0.1, -0.05) is 72.4 Å². The van der Waals surface area contributed by atoms with Gasteiger partial charge in [0.15, 0.2) is 0 Å². The van der Waals surface area contributed by atoms with Gasteiger partial charge in [0.05, 0.1) is 23.7 Å². The molecule has 4 aromatic carbocycles. The number of nitrogens with zero attached hydrogens (tertiary/aromatic N) is 1. The molecular weight excluding hydrogens is 516 g/mol. The lowest BCUT2D eigenvalue weighted by atomic mass is 10.2. The van der Waals surface area contributed by atoms with Crippen molar-refractivity contribution in [3.8, 4) is 5.75 Å². The molecule has 0 aliphatic carbocycles. The molecule has 0 aliphatic heterocycles. The first-order chi connectivity index (χ1) is 18.4. The molecule has 0 aromatic heterocycles. The van der Waals surface area contributed by atoms with E-state index in [2.05, 4.69) is 5.32 Å². The van der Waals surface area contributed by atoms with Crippen molar-refractivity contribution in [2.75, 3.05) is 18.5 Å². The van der Waals surface area contributed by atoms with Gasteiger partial charge in [0.1, 0.15) is 5.75 Å². The fourth-order valence-corrected chi connectivity index (χ4v) is 6.28. The number of sulfonamides is 1. The van der Waals surface area contributed by atoms with Crippen molar-refractivity contribution in [1.82, 2.24) is 4.31 Å². The molecule has 38 heavy (non-hydrogen) atoms. The van der Waals surface area contributed by atoms with Crippen LogP contribution >= 0.6 is 11.8 Å². The second-order valence-electron chi connectivity index (χ2n) is 8.58. The van der Waals surface area contributed by atoms with Gasteiger partial charge < -0.3 is 10.1 Å². The van der Waals surface area contributed by atoms with Crippen LogP contribution in [0, 0.1) is 6.92 Å². The van der Waals surface area contributed by atoms with Crippen molar-refractivity contribution in [2.45, 2.75) is 35.1 Å². The van der Waals surface area contributed by atoms with Gasteiger partial charge in [0.2, 0.25) is 15.9 Å². The number of ether oxygens (including phenoxy) is 1. The summed E-state index contributed by atoms with van der Waals surface area (Å²) in [5, 5.41) is 2.92. The van der Waals surface area contributed by atoms with E-state index in [-0.39, 0.29) is 18.0 Å². The molecule has 8 heteroatoms. The van der Waals surface area contributed by atoms with Crippen LogP contribution in [0.1, 0.15) is 18.1 Å². The number of carbonyl (C=O) groups excluding carboxylic acids is 1. The van der Waals surface area contributed by atoms with Crippen LogP contribution in [0.3, 0.4) is 0 Å². The summed E-state index contributed by atoms with van der Waals surface area (Å²) in [6.07, 6.45) is 0. The lowest BCUT2D eigenvalue weighted by molar-refractivity contribution is -0.116. The third-order valence-corrected chi connectivity index (χ3v) is 8.61. The van der Waals surface area contributed by atoms with E-state index in [1.54, 1.807) is 19.1 Å². The van der Waals surface area contributed by atoms with Gasteiger partial charge in [-0.2, -0.15) is 4.31 Å². The molecule has 0 saturated heterocycles. The van der Waals surface area contributed by atoms with Gasteiger partial charge in [0.25, 0.3) is 0 Å². The highest BCUT2D eigenvalue weighted by Gasteiger charge is 2.28. The van der Waals surface area contributed by atoms with Crippen LogP contribution in [0.5, 0.6) is 5.75 Å². The summed E-state index contributed by atoms with van der Waals surface area (Å²) in [6.45, 7) is 3.88. The zero-order valence-electron chi connectivity index (χ0n) is 21.3. The van der Waals surface area contributed by atoms with Crippen molar-refractivity contribution >= 4 is 33.4 Å². The van der Waals surface area contributed by atoms with E-state index in [1.165, 1.54) is 22.1 Å². The molecule has 0 heterocycles. The fourth-order valence-electron chi connectivity index (χ4n) is 3.89. The lowest BCUT2D eigenvalue weighted by Crippen LogP contribution is -2.37. The van der Waals surface area contributed by atoms with Crippen LogP contribution in [0.4, 0.5) is 5.69 Å². The summed E-state index contributed by atoms with van der Waals surface area (Å²) in [5.41, 5.74) is 2.12. The highest BCUT2D eigenvalue weighted by Crippen LogP contribution is 2.33. The van der Waals surface area contributed by atoms with Crippen molar-refractivity contribution in [3.63, 3.8) is 0 Å². The van der Waals surface area contributed by atoms with Crippen LogP contribution < -0.4 is 10.1 Å². The molecule has 1 N–H and O–H groups in total. The Morgan fingerprint density at radius 3 is 2.24 bits per heavy atom. The minimum absolute atomic E-state index is 0.0588. The molecule has 0 aliphatic rings. The van der Waals surface area contributed by atoms with E-state index in [0.29, 0.717) is 23.6 Å². The zero-order valence-corrected chi connectivity index (χ0v) is 23.0. The largest absolute Gasteiger partial charge is 0.494 e. The van der Waals surface area contributed by atoms with Gasteiger partial charge in [-0.25, -0.2) is 8.42 Å². The molecule has 0 radical (unpaired) electrons. The number of carbonyl (C=O) groups is 1. The Morgan fingerprint density at radius 2 is 1.55 bits per heavy atom. The molecule has 4 aromatic rings. The average molecular weight is 547 g/mol. The molecule has 4 rings (SSSR count). The number of rotatable bonds is 11. The molecule has 0 saturated carbocycles. The minimum atomic E-state index is -3.99. The maximum atomic E-state index is 13.8. The van der Waals surface area contributed by atoms with Crippen molar-refractivity contribution in [2.24, 2.45) is 0 Å². The molecule has 6 nitrogen and oxygen atoms in total. The standard InChI is InChI=1S/C30H30N2O4S2/c1-3-36-28-19-18-26(20-23(28)2)38(34,35)32(21-24-12-6-4-7-13-24)22-30(33)31-27-16-10-11-17-29(27)37-25-14-8-5-9-15-25/h4-20H,3,21-22H2,1-2H3,(H,31,33). The predicted molar refractivity (Wildman–Crippen MR) is 152 cm³/mol. The Hall–Kier alpha value is -3.59. The van der Waals surface area contributed by atoms with E-state index in [9.17, 15) is 13.2 Å². The van der Waals surface area contributed by atoms with E-state index in [1.807, 2.05) is 91.9 Å². The van der Waals surface area contributed by atoms with Crippen molar-refractivity contribution < 1.29 is 17.9 Å². The molecule has 0 bridgehead atoms. The molecule has 0 fully saturated rings. The first kappa shape index (κ1) is 27.4. The van der Waals surface area contributed by atoms with Crippen LogP contribution in [0.2, 0.25) is 0 Å². The van der Waals surface area contributed by atoms with E-state index < -0.39 is 15.9 Å². The zero-order chi connectivity index (χ0) is 27.0. The molecule has 0 atom stereocenters. The van der Waals surface area contributed by atoms with Crippen LogP contribution in [0.25, 0.3) is 0 Å². The number of amides is 1. The van der Waals surface area contributed by atoms with Crippen LogP contribution in [0.15, 0.2) is 118 Å². The smallest absolute Gasteiger partial charge is 0.243 e. The Morgan fingerprint density at radius 1 is 0.895 bits per heavy atom. The van der Waals surface area contributed by atoms with Crippen molar-refractivity contribution in [1.29, 1.82) is 0 Å². The summed E-state index contributed by atoms with van der Waals surface area (Å²) in [6, 6.07) is 31.3. The van der Waals surface area contributed by atoms with E-state index >= 15 is 0 Å². The molecule has 0 unspecified atom stereocenters. The third kappa shape index (κ3) is 7.04. The number of aryl methyl sites for hydroxylation is 1. The summed E-state index contributed by atoms with van der Waals surface area (Å²) in [4.78, 5) is 15.3. The highest BCUT2D eigenvalue weighted by atomic mass is 32.2. The lowest BCUT2D eigenvalue weighted by Gasteiger charge is -2.23. The topological polar surface area (TPSA) is 75.7 Å². The van der Waals surface area contributed by atoms with E-state index in [0.717, 1.165) is 15.4 Å². The molecule has 1 amide bonds. The van der Waals surface area contributed by atoms with Crippen LogP contribution in [-0.2, 0) is 21.4 Å². The van der Waals surface area contributed by atoms with Gasteiger partial charge in [-0.05, 0) is 67.4 Å². The molecule has 0 spiro atoms.